The van der Waals surface area contributed by atoms with Crippen molar-refractivity contribution in [3.63, 3.8) is 0 Å². The fourth-order valence-corrected chi connectivity index (χ4v) is 4.39. The maximum Gasteiger partial charge on any atom is 0.224 e. The lowest BCUT2D eigenvalue weighted by molar-refractivity contribution is -0.652. The summed E-state index contributed by atoms with van der Waals surface area (Å²) in [5.74, 6) is 0. The minimum atomic E-state index is -1.84. The Morgan fingerprint density at radius 2 is 1.61 bits per heavy atom. The van der Waals surface area contributed by atoms with Crippen LogP contribution in [0.2, 0.25) is 0 Å². The van der Waals surface area contributed by atoms with Crippen LogP contribution in [-0.2, 0) is 9.59 Å². The lowest BCUT2D eigenvalue weighted by Gasteiger charge is -2.38. The molecule has 0 saturated carbocycles. The van der Waals surface area contributed by atoms with Crippen molar-refractivity contribution < 1.29 is 44.9 Å². The van der Waals surface area contributed by atoms with Gasteiger partial charge in [-0.2, -0.15) is 5.43 Å². The van der Waals surface area contributed by atoms with Gasteiger partial charge in [-0.05, 0) is 45.2 Å². The molecule has 0 bridgehead atoms. The van der Waals surface area contributed by atoms with Crippen molar-refractivity contribution in [3.05, 3.63) is 23.5 Å². The molecule has 0 saturated heterocycles. The van der Waals surface area contributed by atoms with Crippen LogP contribution < -0.4 is 32.0 Å². The summed E-state index contributed by atoms with van der Waals surface area (Å²) in [5, 5.41) is 63.6. The number of pyridine rings is 1. The van der Waals surface area contributed by atoms with Gasteiger partial charge in [0.25, 0.3) is 0 Å². The van der Waals surface area contributed by atoms with Gasteiger partial charge in [-0.15, -0.1) is 0 Å². The number of rotatable bonds is 18. The molecule has 1 aromatic rings. The Labute approximate surface area is 221 Å². The summed E-state index contributed by atoms with van der Waals surface area (Å²) in [5.41, 5.74) is 17.3. The normalized spacial score (nSPS) is 21.2. The highest BCUT2D eigenvalue weighted by molar-refractivity contribution is 5.62. The van der Waals surface area contributed by atoms with Gasteiger partial charge in [0, 0.05) is 5.56 Å². The standard InChI is InChI=1S/C24H43N6O8/c25-7-3-1-5-15(12-31)27-29-9-17(22(36)24(38)20(35)14-33)21-18(10-29)30(11-19(34)23(21)37)28-16(13-32)6-2-4-8-26/h9-10,12-13,15-16,19-20,22-24,27-28,33-38H,1-8,11,14,25-26H2/q+1/t15-,16-,19?,20?,22?,23?,24?/m0/s1. The number of aromatic nitrogens is 1. The number of nitrogens with two attached hydrogens (primary N) is 2. The number of fused-ring (bicyclic) bond motifs is 1. The first-order valence-corrected chi connectivity index (χ1v) is 12.9. The third kappa shape index (κ3) is 8.36. The zero-order chi connectivity index (χ0) is 28.2. The number of hydrogen-bond acceptors (Lipinski definition) is 13. The van der Waals surface area contributed by atoms with Crippen LogP contribution in [-0.4, -0.2) is 99.8 Å². The summed E-state index contributed by atoms with van der Waals surface area (Å²) >= 11 is 0. The number of carbonyl (C=O) groups excluding carboxylic acids is 2. The van der Waals surface area contributed by atoms with Gasteiger partial charge in [0.1, 0.15) is 54.8 Å². The van der Waals surface area contributed by atoms with Crippen LogP contribution in [0.1, 0.15) is 61.9 Å². The molecule has 0 radical (unpaired) electrons. The van der Waals surface area contributed by atoms with Gasteiger partial charge in [0.15, 0.2) is 0 Å². The van der Waals surface area contributed by atoms with Gasteiger partial charge in [0.05, 0.1) is 24.8 Å². The summed E-state index contributed by atoms with van der Waals surface area (Å²) < 4.78 is 1.38. The summed E-state index contributed by atoms with van der Waals surface area (Å²) in [6.45, 7) is -0.00292. The predicted molar refractivity (Wildman–Crippen MR) is 137 cm³/mol. The number of aldehydes is 2. The SMILES string of the molecule is NCCCC[C@@H](C=O)NN1CC(O)C(O)c2c(C(O)C(O)C(O)CO)c[n+](N[C@H](C=O)CCCCN)cc21. The van der Waals surface area contributed by atoms with E-state index in [1.54, 1.807) is 0 Å². The van der Waals surface area contributed by atoms with E-state index >= 15 is 0 Å². The number of aliphatic hydroxyl groups excluding tert-OH is 6. The Hall–Kier alpha value is -2.27. The van der Waals surface area contributed by atoms with Crippen molar-refractivity contribution in [2.24, 2.45) is 11.5 Å². The van der Waals surface area contributed by atoms with Gasteiger partial charge in [-0.25, -0.2) is 5.43 Å². The molecule has 0 aromatic carbocycles. The van der Waals surface area contributed by atoms with E-state index in [2.05, 4.69) is 10.9 Å². The minimum Gasteiger partial charge on any atom is -0.394 e. The molecule has 14 heteroatoms. The average Bonchev–Trinajstić information content (AvgIpc) is 2.92. The van der Waals surface area contributed by atoms with E-state index in [0.29, 0.717) is 45.2 Å². The lowest BCUT2D eigenvalue weighted by atomic mass is 9.89. The van der Waals surface area contributed by atoms with Crippen molar-refractivity contribution in [2.75, 3.05) is 36.7 Å². The molecular weight excluding hydrogens is 500 g/mol. The summed E-state index contributed by atoms with van der Waals surface area (Å²) in [6, 6.07) is -1.28. The number of anilines is 1. The zero-order valence-corrected chi connectivity index (χ0v) is 21.5. The lowest BCUT2D eigenvalue weighted by Crippen LogP contribution is -2.57. The maximum absolute atomic E-state index is 11.8. The zero-order valence-electron chi connectivity index (χ0n) is 21.5. The smallest absolute Gasteiger partial charge is 0.224 e. The Morgan fingerprint density at radius 1 is 1.00 bits per heavy atom. The molecule has 14 nitrogen and oxygen atoms in total. The molecule has 1 aliphatic heterocycles. The Balaban J connectivity index is 2.54. The second kappa shape index (κ2) is 16.0. The van der Waals surface area contributed by atoms with Crippen LogP contribution in [0.4, 0.5) is 5.69 Å². The van der Waals surface area contributed by atoms with Crippen LogP contribution >= 0.6 is 0 Å². The van der Waals surface area contributed by atoms with E-state index in [9.17, 15) is 40.2 Å². The van der Waals surface area contributed by atoms with Gasteiger partial charge >= 0.3 is 0 Å². The summed E-state index contributed by atoms with van der Waals surface area (Å²) in [7, 11) is 0. The van der Waals surface area contributed by atoms with Crippen molar-refractivity contribution in [1.29, 1.82) is 0 Å². The molecule has 12 N–H and O–H groups in total. The van der Waals surface area contributed by atoms with Crippen LogP contribution in [0.3, 0.4) is 0 Å². The number of carbonyl (C=O) groups is 2. The molecule has 38 heavy (non-hydrogen) atoms. The molecule has 0 amide bonds. The van der Waals surface area contributed by atoms with E-state index in [1.807, 2.05) is 0 Å². The molecule has 2 rings (SSSR count). The summed E-state index contributed by atoms with van der Waals surface area (Å²) in [6.07, 6.45) is -0.142. The van der Waals surface area contributed by atoms with Crippen molar-refractivity contribution in [1.82, 2.24) is 5.43 Å². The number of aliphatic hydroxyl groups is 6. The molecule has 2 heterocycles. The van der Waals surface area contributed by atoms with Crippen molar-refractivity contribution >= 4 is 18.3 Å². The highest BCUT2D eigenvalue weighted by atomic mass is 16.4. The molecule has 5 unspecified atom stereocenters. The molecule has 1 aromatic heterocycles. The van der Waals surface area contributed by atoms with Crippen LogP contribution in [0, 0.1) is 0 Å². The predicted octanol–water partition coefficient (Wildman–Crippen LogP) is -3.62. The number of hydrazine groups is 1. The third-order valence-electron chi connectivity index (χ3n) is 6.57. The van der Waals surface area contributed by atoms with E-state index < -0.39 is 49.2 Å². The fourth-order valence-electron chi connectivity index (χ4n) is 4.39. The molecule has 7 atom stereocenters. The highest BCUT2D eigenvalue weighted by Crippen LogP contribution is 2.38. The van der Waals surface area contributed by atoms with Crippen LogP contribution in [0.5, 0.6) is 0 Å². The van der Waals surface area contributed by atoms with Crippen molar-refractivity contribution in [2.45, 2.75) is 81.1 Å². The number of nitrogens with one attached hydrogen (secondary N) is 2. The van der Waals surface area contributed by atoms with E-state index in [4.69, 9.17) is 11.5 Å². The largest absolute Gasteiger partial charge is 0.394 e. The Morgan fingerprint density at radius 3 is 2.16 bits per heavy atom. The second-order valence-corrected chi connectivity index (χ2v) is 9.54. The van der Waals surface area contributed by atoms with E-state index in [-0.39, 0.29) is 23.4 Å². The Kier molecular flexibility index (Phi) is 13.4. The molecule has 0 spiro atoms. The average molecular weight is 544 g/mol. The first-order chi connectivity index (χ1) is 18.2. The maximum atomic E-state index is 11.8. The summed E-state index contributed by atoms with van der Waals surface area (Å²) in [4.78, 5) is 23.5. The number of nitrogens with zero attached hydrogens (tertiary/aromatic N) is 2. The number of unbranched alkanes of at least 4 members (excludes halogenated alkanes) is 2. The fraction of sp³-hybridized carbons (Fsp3) is 0.708. The first kappa shape index (κ1) is 31.9. The monoisotopic (exact) mass is 543 g/mol. The van der Waals surface area contributed by atoms with Crippen LogP contribution in [0.25, 0.3) is 0 Å². The number of hydrogen-bond donors (Lipinski definition) is 10. The third-order valence-corrected chi connectivity index (χ3v) is 6.57. The van der Waals surface area contributed by atoms with Gasteiger partial charge in [0.2, 0.25) is 12.4 Å². The van der Waals surface area contributed by atoms with Gasteiger partial charge in [-0.1, -0.05) is 11.1 Å². The molecule has 0 aliphatic carbocycles. The molecule has 1 aliphatic rings. The van der Waals surface area contributed by atoms with Crippen molar-refractivity contribution in [3.8, 4) is 0 Å². The molecule has 216 valence electrons. The highest BCUT2D eigenvalue weighted by Gasteiger charge is 2.40. The quantitative estimate of drug-likeness (QED) is 0.0489. The number of β-amino-alcohol motifs (C(OH)–C–C–N with tert-alkyl or cyclic N) is 1. The van der Waals surface area contributed by atoms with Gasteiger partial charge in [-0.3, -0.25) is 5.01 Å². The topological polar surface area (TPSA) is 239 Å². The van der Waals surface area contributed by atoms with E-state index in [1.165, 1.54) is 22.1 Å². The van der Waals surface area contributed by atoms with Crippen LogP contribution in [0.15, 0.2) is 12.4 Å². The van der Waals surface area contributed by atoms with E-state index in [0.717, 1.165) is 19.0 Å². The minimum absolute atomic E-state index is 0.0448. The first-order valence-electron chi connectivity index (χ1n) is 12.9. The van der Waals surface area contributed by atoms with Gasteiger partial charge < -0.3 is 51.7 Å². The Bertz CT molecular complexity index is 881. The second-order valence-electron chi connectivity index (χ2n) is 9.54. The molecule has 0 fully saturated rings. The molecular formula is C24H43N6O8+.